The Morgan fingerprint density at radius 3 is 1.76 bits per heavy atom. The highest BCUT2D eigenvalue weighted by atomic mass is 16.8. The average molecular weight is 1220 g/mol. The largest absolute Gasteiger partial charge is 0.432 e. The van der Waals surface area contributed by atoms with Gasteiger partial charge in [-0.05, 0) is 117 Å². The van der Waals surface area contributed by atoms with Crippen LogP contribution in [0.5, 0.6) is 0 Å². The molecule has 0 spiro atoms. The Hall–Kier alpha value is -1.75. The smallest absolute Gasteiger partial charge is 0.315 e. The van der Waals surface area contributed by atoms with Crippen molar-refractivity contribution in [2.75, 3.05) is 26.4 Å². The summed E-state index contributed by atoms with van der Waals surface area (Å²) in [6.07, 6.45) is -29.6. The average Bonchev–Trinajstić information content (AvgIpc) is 0.692. The highest BCUT2D eigenvalue weighted by molar-refractivity contribution is 5.79. The van der Waals surface area contributed by atoms with Gasteiger partial charge in [0.15, 0.2) is 25.2 Å². The standard InChI is InChI=1S/C59H96O26/c1-24-34(63)38(67)42(71)49(78-24)83-46-29(20-60)80-48(45(74)41(46)70)77-22-30-37(66)40(69)44(73)51(81-30)85-53(75)59-17-15-54(3,4)19-27(59)26-9-10-32-55(5)13-12-33(56(6,23-61)31(55)11-14-58(32,8)57(26,7)16-18-59)82-52-47(36(65)28(62)21-76-52)84-50-43(72)39(68)35(64)25(2)79-50/h9,24-25,27-52,60-74H,10-23H2,1-8H3/t24-,25-,27+,28-,29+,30+,31?,32+,33-,34-,35-,36-,37+,38+,39+,40-,41+,42+,43+,44+,45+,46+,47+,48+,49-,50-,51-,52-,55-,56-,57+,58+,59-/m0/s1. The molecule has 33 atom stereocenters. The van der Waals surface area contributed by atoms with Crippen LogP contribution in [0, 0.1) is 50.2 Å². The number of carbonyl (C=O) groups excluding carboxylic acids is 1. The van der Waals surface area contributed by atoms with Crippen LogP contribution >= 0.6 is 0 Å². The van der Waals surface area contributed by atoms with Gasteiger partial charge in [0.25, 0.3) is 0 Å². The fourth-order valence-electron chi connectivity index (χ4n) is 17.5. The van der Waals surface area contributed by atoms with E-state index < -0.39 is 189 Å². The maximum Gasteiger partial charge on any atom is 0.315 e. The van der Waals surface area contributed by atoms with Crippen LogP contribution in [0.3, 0.4) is 0 Å². The molecule has 0 radical (unpaired) electrons. The molecule has 0 bridgehead atoms. The van der Waals surface area contributed by atoms with E-state index >= 15 is 4.79 Å². The fraction of sp³-hybridized carbons (Fsp3) is 0.949. The second-order valence-electron chi connectivity index (χ2n) is 28.5. The molecule has 85 heavy (non-hydrogen) atoms. The number of hydrogen-bond donors (Lipinski definition) is 15. The lowest BCUT2D eigenvalue weighted by atomic mass is 9.33. The first-order valence-corrected chi connectivity index (χ1v) is 30.6. The molecule has 0 aromatic heterocycles. The number of hydrogen-bond acceptors (Lipinski definition) is 26. The summed E-state index contributed by atoms with van der Waals surface area (Å²) in [5.74, 6) is -0.861. The molecule has 9 fully saturated rings. The highest BCUT2D eigenvalue weighted by Crippen LogP contribution is 2.76. The summed E-state index contributed by atoms with van der Waals surface area (Å²) >= 11 is 0. The molecule has 0 aromatic rings. The third kappa shape index (κ3) is 11.1. The van der Waals surface area contributed by atoms with Crippen LogP contribution < -0.4 is 0 Å². The van der Waals surface area contributed by atoms with Gasteiger partial charge in [-0.15, -0.1) is 0 Å². The van der Waals surface area contributed by atoms with Gasteiger partial charge in [-0.25, -0.2) is 0 Å². The van der Waals surface area contributed by atoms with Crippen molar-refractivity contribution < 1.29 is 129 Å². The third-order valence-corrected chi connectivity index (χ3v) is 23.2. The minimum Gasteiger partial charge on any atom is -0.432 e. The van der Waals surface area contributed by atoms with Crippen molar-refractivity contribution in [3.8, 4) is 0 Å². The molecule has 26 nitrogen and oxygen atoms in total. The highest BCUT2D eigenvalue weighted by Gasteiger charge is 2.71. The fourth-order valence-corrected chi connectivity index (χ4v) is 17.5. The lowest BCUT2D eigenvalue weighted by molar-refractivity contribution is -0.365. The van der Waals surface area contributed by atoms with E-state index in [0.29, 0.717) is 51.4 Å². The number of allylic oxidation sites excluding steroid dienone is 2. The SMILES string of the molecule is C[C@@H]1O[C@@H](O[C@H]2[C@H](O[C@H]3CC[C@@]4(C)C(CC[C@]5(C)[C@@H]4CC=C4[C@H]6CC(C)(C)CC[C@]6(C(=O)O[C@@H]6O[C@H](CO[C@@H]7O[C@H](CO)[C@@H](O[C@@H]8O[C@@H](C)[C@H](O)[C@@H](O)[C@H]8O)[C@H](O)[C@H]7O)[C@@H](O)[C@H](O)[C@H]6O)CC[C@]45C)[C@]3(C)CO)OC[C@H](O)[C@@H]2O)[C@H](O)[C@H](O)[C@H]1O. The Kier molecular flexibility index (Phi) is 19.0. The van der Waals surface area contributed by atoms with E-state index in [1.807, 2.05) is 6.92 Å². The van der Waals surface area contributed by atoms with Crippen molar-refractivity contribution in [3.63, 3.8) is 0 Å². The minimum atomic E-state index is -1.90. The summed E-state index contributed by atoms with van der Waals surface area (Å²) in [7, 11) is 0. The number of aliphatic hydroxyl groups excluding tert-OH is 15. The topological polar surface area (TPSA) is 413 Å². The maximum atomic E-state index is 15.2. The zero-order valence-electron chi connectivity index (χ0n) is 49.8. The summed E-state index contributed by atoms with van der Waals surface area (Å²) in [5.41, 5.74) is -1.93. The summed E-state index contributed by atoms with van der Waals surface area (Å²) in [5, 5.41) is 163. The molecule has 10 rings (SSSR count). The molecule has 5 aliphatic heterocycles. The second-order valence-corrected chi connectivity index (χ2v) is 28.5. The quantitative estimate of drug-likeness (QED) is 0.0513. The van der Waals surface area contributed by atoms with E-state index in [-0.39, 0.29) is 47.2 Å². The normalized spacial score (nSPS) is 55.3. The summed E-state index contributed by atoms with van der Waals surface area (Å²) in [4.78, 5) is 15.2. The molecule has 15 N–H and O–H groups in total. The summed E-state index contributed by atoms with van der Waals surface area (Å²) in [6, 6.07) is 0. The third-order valence-electron chi connectivity index (χ3n) is 23.2. The van der Waals surface area contributed by atoms with E-state index in [4.69, 9.17) is 47.4 Å². The number of rotatable bonds is 13. The molecule has 5 saturated heterocycles. The van der Waals surface area contributed by atoms with Gasteiger partial charge in [0, 0.05) is 5.41 Å². The van der Waals surface area contributed by atoms with Crippen molar-refractivity contribution in [2.24, 2.45) is 50.2 Å². The van der Waals surface area contributed by atoms with Crippen LogP contribution in [0.4, 0.5) is 0 Å². The zero-order chi connectivity index (χ0) is 62.0. The first-order valence-electron chi connectivity index (χ1n) is 30.6. The zero-order valence-corrected chi connectivity index (χ0v) is 49.8. The monoisotopic (exact) mass is 1220 g/mol. The van der Waals surface area contributed by atoms with Crippen molar-refractivity contribution in [3.05, 3.63) is 11.6 Å². The Balaban J connectivity index is 0.833. The lowest BCUT2D eigenvalue weighted by Gasteiger charge is -2.71. The van der Waals surface area contributed by atoms with Gasteiger partial charge >= 0.3 is 5.97 Å². The molecule has 0 amide bonds. The Morgan fingerprint density at radius 1 is 0.565 bits per heavy atom. The van der Waals surface area contributed by atoms with E-state index in [1.165, 1.54) is 19.4 Å². The lowest BCUT2D eigenvalue weighted by Crippen LogP contribution is -2.67. The molecule has 488 valence electrons. The Labute approximate surface area is 494 Å². The van der Waals surface area contributed by atoms with E-state index in [1.54, 1.807) is 0 Å². The van der Waals surface area contributed by atoms with Crippen molar-refractivity contribution in [1.29, 1.82) is 0 Å². The maximum absolute atomic E-state index is 15.2. The van der Waals surface area contributed by atoms with Crippen LogP contribution in [-0.4, -0.2) is 263 Å². The van der Waals surface area contributed by atoms with Gasteiger partial charge in [-0.2, -0.15) is 0 Å². The first kappa shape index (κ1) is 66.2. The number of fused-ring (bicyclic) bond motifs is 7. The summed E-state index contributed by atoms with van der Waals surface area (Å²) in [6.45, 7) is 14.3. The molecular weight excluding hydrogens is 1120 g/mol. The molecule has 0 aromatic carbocycles. The van der Waals surface area contributed by atoms with E-state index in [9.17, 15) is 76.6 Å². The molecule has 26 heteroatoms. The minimum absolute atomic E-state index is 0.0670. The molecule has 10 aliphatic rings. The number of esters is 1. The number of ether oxygens (including phenoxy) is 10. The summed E-state index contributed by atoms with van der Waals surface area (Å²) < 4.78 is 59.4. The molecule has 5 heterocycles. The Morgan fingerprint density at radius 2 is 1.14 bits per heavy atom. The van der Waals surface area contributed by atoms with Crippen molar-refractivity contribution in [1.82, 2.24) is 0 Å². The van der Waals surface area contributed by atoms with Gasteiger partial charge in [-0.3, -0.25) is 4.79 Å². The number of carbonyl (C=O) groups is 1. The van der Waals surface area contributed by atoms with Gasteiger partial charge in [0.2, 0.25) is 6.29 Å². The van der Waals surface area contributed by atoms with Crippen LogP contribution in [0.1, 0.15) is 120 Å². The van der Waals surface area contributed by atoms with Crippen molar-refractivity contribution >= 4 is 5.97 Å². The predicted octanol–water partition coefficient (Wildman–Crippen LogP) is -2.54. The second kappa shape index (κ2) is 24.4. The van der Waals surface area contributed by atoms with Crippen LogP contribution in [0.25, 0.3) is 0 Å². The van der Waals surface area contributed by atoms with Crippen LogP contribution in [0.2, 0.25) is 0 Å². The first-order chi connectivity index (χ1) is 39.8. The predicted molar refractivity (Wildman–Crippen MR) is 288 cm³/mol. The van der Waals surface area contributed by atoms with Gasteiger partial charge in [0.1, 0.15) is 104 Å². The molecule has 5 aliphatic carbocycles. The van der Waals surface area contributed by atoms with Gasteiger partial charge in [-0.1, -0.05) is 53.2 Å². The number of aliphatic hydroxyl groups is 15. The molecule has 4 saturated carbocycles. The molecular formula is C59H96O26. The van der Waals surface area contributed by atoms with E-state index in [0.717, 1.165) is 12.8 Å². The van der Waals surface area contributed by atoms with Crippen LogP contribution in [0.15, 0.2) is 11.6 Å². The van der Waals surface area contributed by atoms with Gasteiger partial charge in [0.05, 0.1) is 50.2 Å². The van der Waals surface area contributed by atoms with Crippen LogP contribution in [-0.2, 0) is 52.2 Å². The van der Waals surface area contributed by atoms with E-state index in [2.05, 4.69) is 40.7 Å². The van der Waals surface area contributed by atoms with Gasteiger partial charge < -0.3 is 124 Å². The molecule has 1 unspecified atom stereocenters. The Bertz CT molecular complexity index is 2370. The van der Waals surface area contributed by atoms with Crippen molar-refractivity contribution in [2.45, 2.75) is 273 Å².